The van der Waals surface area contributed by atoms with E-state index in [1.54, 1.807) is 6.21 Å². The molecule has 1 amide bonds. The van der Waals surface area contributed by atoms with Crippen LogP contribution in [0, 0.1) is 0 Å². The summed E-state index contributed by atoms with van der Waals surface area (Å²) in [6.45, 7) is 2.85. The van der Waals surface area contributed by atoms with E-state index in [4.69, 9.17) is 4.74 Å². The number of aromatic amines is 1. The van der Waals surface area contributed by atoms with Crippen LogP contribution in [0.4, 0.5) is 0 Å². The van der Waals surface area contributed by atoms with Crippen molar-refractivity contribution in [3.63, 3.8) is 0 Å². The molecular formula is C26H24BrN3O2. The van der Waals surface area contributed by atoms with Gasteiger partial charge in [-0.05, 0) is 60.0 Å². The highest BCUT2D eigenvalue weighted by Crippen LogP contribution is 2.34. The van der Waals surface area contributed by atoms with Crippen LogP contribution in [0.5, 0.6) is 5.75 Å². The van der Waals surface area contributed by atoms with Crippen molar-refractivity contribution in [2.24, 2.45) is 5.10 Å². The van der Waals surface area contributed by atoms with Crippen LogP contribution in [-0.2, 0) is 0 Å². The summed E-state index contributed by atoms with van der Waals surface area (Å²) in [5, 5.41) is 5.12. The fourth-order valence-corrected chi connectivity index (χ4v) is 3.81. The fourth-order valence-electron chi connectivity index (χ4n) is 3.44. The maximum atomic E-state index is 13.0. The molecule has 0 spiro atoms. The van der Waals surface area contributed by atoms with Crippen molar-refractivity contribution in [1.82, 2.24) is 10.4 Å². The summed E-state index contributed by atoms with van der Waals surface area (Å²) in [5.41, 5.74) is 6.69. The Labute approximate surface area is 195 Å². The first-order valence-electron chi connectivity index (χ1n) is 10.6. The number of amides is 1. The minimum Gasteiger partial charge on any atom is -0.494 e. The van der Waals surface area contributed by atoms with Gasteiger partial charge in [0.05, 0.1) is 12.8 Å². The number of carbonyl (C=O) groups is 1. The van der Waals surface area contributed by atoms with Crippen LogP contribution < -0.4 is 10.2 Å². The molecule has 0 unspecified atom stereocenters. The van der Waals surface area contributed by atoms with Crippen LogP contribution in [0.25, 0.3) is 22.0 Å². The predicted octanol–water partition coefficient (Wildman–Crippen LogP) is 6.54. The molecular weight excluding hydrogens is 466 g/mol. The maximum Gasteiger partial charge on any atom is 0.288 e. The molecule has 3 aromatic carbocycles. The van der Waals surface area contributed by atoms with Crippen LogP contribution in [0.1, 0.15) is 35.8 Å². The summed E-state index contributed by atoms with van der Waals surface area (Å²) in [5.74, 6) is 0.531. The van der Waals surface area contributed by atoms with Crippen molar-refractivity contribution in [2.75, 3.05) is 6.61 Å². The first kappa shape index (κ1) is 21.8. The lowest BCUT2D eigenvalue weighted by molar-refractivity contribution is 0.0951. The van der Waals surface area contributed by atoms with E-state index in [0.717, 1.165) is 50.7 Å². The highest BCUT2D eigenvalue weighted by atomic mass is 79.9. The third kappa shape index (κ3) is 5.08. The minimum atomic E-state index is -0.299. The Morgan fingerprint density at radius 1 is 1.09 bits per heavy atom. The van der Waals surface area contributed by atoms with Crippen molar-refractivity contribution in [3.05, 3.63) is 88.5 Å². The van der Waals surface area contributed by atoms with Gasteiger partial charge in [-0.2, -0.15) is 5.10 Å². The van der Waals surface area contributed by atoms with Crippen LogP contribution in [-0.4, -0.2) is 23.7 Å². The van der Waals surface area contributed by atoms with Crippen LogP contribution in [0.3, 0.4) is 0 Å². The SMILES string of the molecule is CCCCOc1ccc(/C=N/NC(=O)c2[nH]c3ccc(Br)cc3c2-c2ccccc2)cc1. The lowest BCUT2D eigenvalue weighted by atomic mass is 10.0. The summed E-state index contributed by atoms with van der Waals surface area (Å²) in [6, 6.07) is 23.4. The van der Waals surface area contributed by atoms with Gasteiger partial charge in [0.1, 0.15) is 11.4 Å². The molecule has 2 N–H and O–H groups in total. The molecule has 6 heteroatoms. The van der Waals surface area contributed by atoms with Gasteiger partial charge in [-0.3, -0.25) is 4.79 Å². The zero-order valence-electron chi connectivity index (χ0n) is 17.8. The molecule has 0 saturated carbocycles. The van der Waals surface area contributed by atoms with Crippen LogP contribution in [0.15, 0.2) is 82.4 Å². The van der Waals surface area contributed by atoms with Gasteiger partial charge in [0.15, 0.2) is 0 Å². The Hall–Kier alpha value is -3.38. The predicted molar refractivity (Wildman–Crippen MR) is 133 cm³/mol. The highest BCUT2D eigenvalue weighted by molar-refractivity contribution is 9.10. The minimum absolute atomic E-state index is 0.299. The van der Waals surface area contributed by atoms with Crippen LogP contribution >= 0.6 is 15.9 Å². The molecule has 1 heterocycles. The van der Waals surface area contributed by atoms with Gasteiger partial charge in [-0.1, -0.05) is 59.6 Å². The van der Waals surface area contributed by atoms with E-state index in [0.29, 0.717) is 12.3 Å². The third-order valence-corrected chi connectivity index (χ3v) is 5.57. The number of fused-ring (bicyclic) bond motifs is 1. The van der Waals surface area contributed by atoms with Crippen molar-refractivity contribution < 1.29 is 9.53 Å². The molecule has 1 aromatic heterocycles. The topological polar surface area (TPSA) is 66.5 Å². The number of nitrogens with one attached hydrogen (secondary N) is 2. The van der Waals surface area contributed by atoms with Crippen molar-refractivity contribution in [2.45, 2.75) is 19.8 Å². The number of hydrazone groups is 1. The standard InChI is InChI=1S/C26H24BrN3O2/c1-2-3-15-32-21-12-9-18(10-13-21)17-28-30-26(31)25-24(19-7-5-4-6-8-19)22-16-20(27)11-14-23(22)29-25/h4-14,16-17,29H,2-3,15H2,1H3,(H,30,31)/b28-17+. The Balaban J connectivity index is 1.53. The van der Waals surface area contributed by atoms with E-state index in [1.807, 2.05) is 72.8 Å². The number of benzene rings is 3. The van der Waals surface area contributed by atoms with Gasteiger partial charge in [0.25, 0.3) is 5.91 Å². The molecule has 4 rings (SSSR count). The Morgan fingerprint density at radius 3 is 2.62 bits per heavy atom. The Morgan fingerprint density at radius 2 is 1.88 bits per heavy atom. The van der Waals surface area contributed by atoms with E-state index >= 15 is 0 Å². The lowest BCUT2D eigenvalue weighted by Crippen LogP contribution is -2.18. The number of carbonyl (C=O) groups excluding carboxylic acids is 1. The number of hydrogen-bond donors (Lipinski definition) is 2. The first-order chi connectivity index (χ1) is 15.7. The summed E-state index contributed by atoms with van der Waals surface area (Å²) in [6.07, 6.45) is 3.75. The van der Waals surface area contributed by atoms with E-state index in [2.05, 4.69) is 38.4 Å². The number of nitrogens with zero attached hydrogens (tertiary/aromatic N) is 1. The second-order valence-electron chi connectivity index (χ2n) is 7.40. The molecule has 0 atom stereocenters. The van der Waals surface area contributed by atoms with Gasteiger partial charge in [-0.15, -0.1) is 0 Å². The molecule has 0 fully saturated rings. The number of unbranched alkanes of at least 4 members (excludes halogenated alkanes) is 1. The van der Waals surface area contributed by atoms with E-state index in [-0.39, 0.29) is 5.91 Å². The molecule has 0 aliphatic rings. The molecule has 5 nitrogen and oxygen atoms in total. The van der Waals surface area contributed by atoms with E-state index < -0.39 is 0 Å². The smallest absolute Gasteiger partial charge is 0.288 e. The number of aromatic nitrogens is 1. The lowest BCUT2D eigenvalue weighted by Gasteiger charge is -2.05. The van der Waals surface area contributed by atoms with E-state index in [1.165, 1.54) is 0 Å². The summed E-state index contributed by atoms with van der Waals surface area (Å²) >= 11 is 3.53. The molecule has 0 aliphatic heterocycles. The molecule has 4 aromatic rings. The van der Waals surface area contributed by atoms with E-state index in [9.17, 15) is 4.79 Å². The quantitative estimate of drug-likeness (QED) is 0.167. The Bertz CT molecular complexity index is 1230. The zero-order valence-corrected chi connectivity index (χ0v) is 19.4. The van der Waals surface area contributed by atoms with Gasteiger partial charge in [0.2, 0.25) is 0 Å². The van der Waals surface area contributed by atoms with Crippen molar-refractivity contribution >= 4 is 39.0 Å². The maximum absolute atomic E-state index is 13.0. The normalized spacial score (nSPS) is 11.2. The molecule has 162 valence electrons. The first-order valence-corrected chi connectivity index (χ1v) is 11.4. The molecule has 0 aliphatic carbocycles. The second kappa shape index (κ2) is 10.3. The number of rotatable bonds is 8. The third-order valence-electron chi connectivity index (χ3n) is 5.08. The summed E-state index contributed by atoms with van der Waals surface area (Å²) < 4.78 is 6.62. The van der Waals surface area contributed by atoms with Crippen molar-refractivity contribution in [1.29, 1.82) is 0 Å². The monoisotopic (exact) mass is 489 g/mol. The van der Waals surface area contributed by atoms with Gasteiger partial charge >= 0.3 is 0 Å². The van der Waals surface area contributed by atoms with Gasteiger partial charge in [0, 0.05) is 20.9 Å². The largest absolute Gasteiger partial charge is 0.494 e. The highest BCUT2D eigenvalue weighted by Gasteiger charge is 2.19. The summed E-state index contributed by atoms with van der Waals surface area (Å²) in [7, 11) is 0. The number of H-pyrrole nitrogens is 1. The van der Waals surface area contributed by atoms with Crippen molar-refractivity contribution in [3.8, 4) is 16.9 Å². The van der Waals surface area contributed by atoms with Crippen LogP contribution in [0.2, 0.25) is 0 Å². The second-order valence-corrected chi connectivity index (χ2v) is 8.32. The number of ether oxygens (including phenoxy) is 1. The number of halogens is 1. The Kier molecular flexibility index (Phi) is 7.02. The van der Waals surface area contributed by atoms with Gasteiger partial charge < -0.3 is 9.72 Å². The molecule has 0 saturated heterocycles. The summed E-state index contributed by atoms with van der Waals surface area (Å²) in [4.78, 5) is 16.2. The fraction of sp³-hybridized carbons (Fsp3) is 0.154. The molecule has 0 radical (unpaired) electrons. The number of hydrogen-bond acceptors (Lipinski definition) is 3. The molecule has 32 heavy (non-hydrogen) atoms. The average Bonchev–Trinajstić information content (AvgIpc) is 3.19. The zero-order chi connectivity index (χ0) is 22.3. The average molecular weight is 490 g/mol. The molecule has 0 bridgehead atoms. The van der Waals surface area contributed by atoms with Gasteiger partial charge in [-0.25, -0.2) is 5.43 Å².